The monoisotopic (exact) mass is 359 g/mol. The molecule has 0 bridgehead atoms. The third kappa shape index (κ3) is 3.76. The van der Waals surface area contributed by atoms with E-state index in [2.05, 4.69) is 10.3 Å². The first-order valence-electron chi connectivity index (χ1n) is 8.73. The quantitative estimate of drug-likeness (QED) is 0.797. The lowest BCUT2D eigenvalue weighted by molar-refractivity contribution is -0.144. The van der Waals surface area contributed by atoms with E-state index in [-0.39, 0.29) is 11.5 Å². The van der Waals surface area contributed by atoms with E-state index in [1.807, 2.05) is 27.7 Å². The molecule has 0 saturated heterocycles. The highest BCUT2D eigenvalue weighted by atomic mass is 16.5. The first-order valence-corrected chi connectivity index (χ1v) is 8.73. The van der Waals surface area contributed by atoms with E-state index in [4.69, 9.17) is 4.74 Å². The maximum Gasteiger partial charge on any atom is 0.328 e. The van der Waals surface area contributed by atoms with Crippen LogP contribution in [0.4, 0.5) is 0 Å². The summed E-state index contributed by atoms with van der Waals surface area (Å²) in [6.45, 7) is 8.07. The van der Waals surface area contributed by atoms with E-state index in [9.17, 15) is 14.4 Å². The molecule has 0 fully saturated rings. The van der Waals surface area contributed by atoms with E-state index < -0.39 is 23.3 Å². The number of aryl methyl sites for hydroxylation is 2. The number of amides is 1. The van der Waals surface area contributed by atoms with Gasteiger partial charge in [0.2, 0.25) is 5.43 Å². The molecule has 0 aliphatic heterocycles. The summed E-state index contributed by atoms with van der Waals surface area (Å²) in [4.78, 5) is 41.9. The highest BCUT2D eigenvalue weighted by Crippen LogP contribution is 2.13. The van der Waals surface area contributed by atoms with Crippen molar-refractivity contribution in [1.82, 2.24) is 14.9 Å². The lowest BCUT2D eigenvalue weighted by Gasteiger charge is -2.22. The fourth-order valence-corrected chi connectivity index (χ4v) is 2.78. The second-order valence-electron chi connectivity index (χ2n) is 6.34. The fraction of sp³-hybridized carbons (Fsp3) is 0.474. The number of ether oxygens (including phenoxy) is 1. The standard InChI is InChI=1S/C19H25N3O4/c1-6-11(3)15(19(25)26-5)21-18(24)14-10-22(7-2)17-13(16(14)23)9-8-12(4)20-17/h8-11,15H,6-7H2,1-5H3,(H,21,24)/t11-,15-/m1/s1. The zero-order chi connectivity index (χ0) is 19.4. The zero-order valence-corrected chi connectivity index (χ0v) is 15.8. The number of carbonyl (C=O) groups excluding carboxylic acids is 2. The summed E-state index contributed by atoms with van der Waals surface area (Å²) < 4.78 is 6.54. The van der Waals surface area contributed by atoms with Gasteiger partial charge in [-0.05, 0) is 31.9 Å². The second kappa shape index (κ2) is 8.12. The van der Waals surface area contributed by atoms with Gasteiger partial charge in [0.15, 0.2) is 0 Å². The summed E-state index contributed by atoms with van der Waals surface area (Å²) in [6.07, 6.45) is 2.18. The van der Waals surface area contributed by atoms with Crippen molar-refractivity contribution in [1.29, 1.82) is 0 Å². The third-order valence-electron chi connectivity index (χ3n) is 4.60. The molecule has 2 rings (SSSR count). The molecule has 2 aromatic rings. The van der Waals surface area contributed by atoms with Crippen LogP contribution < -0.4 is 10.7 Å². The summed E-state index contributed by atoms with van der Waals surface area (Å²) in [7, 11) is 1.28. The molecule has 0 saturated carbocycles. The van der Waals surface area contributed by atoms with Gasteiger partial charge in [-0.3, -0.25) is 9.59 Å². The number of pyridine rings is 2. The smallest absolute Gasteiger partial charge is 0.328 e. The van der Waals surface area contributed by atoms with Crippen LogP contribution in [0.2, 0.25) is 0 Å². The maximum absolute atomic E-state index is 12.8. The highest BCUT2D eigenvalue weighted by molar-refractivity contribution is 5.98. The Bertz CT molecular complexity index is 888. The number of nitrogens with one attached hydrogen (secondary N) is 1. The normalized spacial score (nSPS) is 13.3. The Balaban J connectivity index is 2.50. The van der Waals surface area contributed by atoms with E-state index in [1.54, 1.807) is 16.7 Å². The number of fused-ring (bicyclic) bond motifs is 1. The SMILES string of the molecule is CC[C@@H](C)[C@@H](NC(=O)c1cn(CC)c2nc(C)ccc2c1=O)C(=O)OC. The zero-order valence-electron chi connectivity index (χ0n) is 15.8. The Morgan fingerprint density at radius 2 is 2.00 bits per heavy atom. The Hall–Kier alpha value is -2.70. The number of nitrogens with zero attached hydrogens (tertiary/aromatic N) is 2. The first kappa shape index (κ1) is 19.6. The number of aromatic nitrogens is 2. The summed E-state index contributed by atoms with van der Waals surface area (Å²) in [6, 6.07) is 2.61. The predicted octanol–water partition coefficient (Wildman–Crippen LogP) is 2.04. The number of carbonyl (C=O) groups is 2. The molecule has 0 aromatic carbocycles. The van der Waals surface area contributed by atoms with Crippen LogP contribution >= 0.6 is 0 Å². The van der Waals surface area contributed by atoms with Crippen molar-refractivity contribution in [3.8, 4) is 0 Å². The molecule has 0 radical (unpaired) electrons. The fourth-order valence-electron chi connectivity index (χ4n) is 2.78. The Labute approximate surface area is 152 Å². The van der Waals surface area contributed by atoms with Gasteiger partial charge in [-0.25, -0.2) is 9.78 Å². The summed E-state index contributed by atoms with van der Waals surface area (Å²) >= 11 is 0. The average molecular weight is 359 g/mol. The topological polar surface area (TPSA) is 90.3 Å². The molecule has 0 unspecified atom stereocenters. The van der Waals surface area contributed by atoms with Crippen LogP contribution in [0.1, 0.15) is 43.2 Å². The Morgan fingerprint density at radius 1 is 1.31 bits per heavy atom. The molecule has 1 N–H and O–H groups in total. The van der Waals surface area contributed by atoms with E-state index in [1.165, 1.54) is 13.3 Å². The Kier molecular flexibility index (Phi) is 6.13. The molecule has 0 aliphatic rings. The van der Waals surface area contributed by atoms with E-state index in [0.717, 1.165) is 5.69 Å². The van der Waals surface area contributed by atoms with Crippen LogP contribution in [0, 0.1) is 12.8 Å². The van der Waals surface area contributed by atoms with Gasteiger partial charge in [0, 0.05) is 18.4 Å². The van der Waals surface area contributed by atoms with Gasteiger partial charge in [-0.2, -0.15) is 0 Å². The van der Waals surface area contributed by atoms with Crippen molar-refractivity contribution in [2.24, 2.45) is 5.92 Å². The van der Waals surface area contributed by atoms with Crippen LogP contribution in [-0.2, 0) is 16.1 Å². The lowest BCUT2D eigenvalue weighted by Crippen LogP contribution is -2.46. The molecule has 1 amide bonds. The van der Waals surface area contributed by atoms with Crippen molar-refractivity contribution in [2.45, 2.75) is 46.7 Å². The summed E-state index contributed by atoms with van der Waals surface area (Å²) in [5.74, 6) is -1.23. The molecule has 7 nitrogen and oxygen atoms in total. The molecule has 2 heterocycles. The maximum atomic E-state index is 12.8. The number of methoxy groups -OCH3 is 1. The first-order chi connectivity index (χ1) is 12.3. The van der Waals surface area contributed by atoms with Crippen molar-refractivity contribution < 1.29 is 14.3 Å². The van der Waals surface area contributed by atoms with Gasteiger partial charge < -0.3 is 14.6 Å². The van der Waals surface area contributed by atoms with E-state index >= 15 is 0 Å². The number of rotatable bonds is 6. The van der Waals surface area contributed by atoms with Gasteiger partial charge in [0.25, 0.3) is 5.91 Å². The minimum atomic E-state index is -0.807. The molecule has 26 heavy (non-hydrogen) atoms. The summed E-state index contributed by atoms with van der Waals surface area (Å²) in [5.41, 5.74) is 0.920. The minimum absolute atomic E-state index is 0.0118. The minimum Gasteiger partial charge on any atom is -0.467 e. The third-order valence-corrected chi connectivity index (χ3v) is 4.60. The molecular weight excluding hydrogens is 334 g/mol. The molecule has 0 aliphatic carbocycles. The van der Waals surface area contributed by atoms with Gasteiger partial charge in [0.05, 0.1) is 12.5 Å². The van der Waals surface area contributed by atoms with Crippen LogP contribution in [-0.4, -0.2) is 34.6 Å². The highest BCUT2D eigenvalue weighted by Gasteiger charge is 2.28. The van der Waals surface area contributed by atoms with Gasteiger partial charge in [0.1, 0.15) is 17.3 Å². The molecule has 140 valence electrons. The van der Waals surface area contributed by atoms with Crippen molar-refractivity contribution in [3.63, 3.8) is 0 Å². The molecule has 2 aromatic heterocycles. The largest absolute Gasteiger partial charge is 0.467 e. The van der Waals surface area contributed by atoms with Crippen LogP contribution in [0.15, 0.2) is 23.1 Å². The number of esters is 1. The molecular formula is C19H25N3O4. The number of hydrogen-bond donors (Lipinski definition) is 1. The van der Waals surface area contributed by atoms with Crippen molar-refractivity contribution >= 4 is 22.9 Å². The van der Waals surface area contributed by atoms with Crippen LogP contribution in [0.25, 0.3) is 11.0 Å². The molecule has 2 atom stereocenters. The Morgan fingerprint density at radius 3 is 2.58 bits per heavy atom. The van der Waals surface area contributed by atoms with Crippen LogP contribution in [0.5, 0.6) is 0 Å². The second-order valence-corrected chi connectivity index (χ2v) is 6.34. The van der Waals surface area contributed by atoms with Crippen molar-refractivity contribution in [2.75, 3.05) is 7.11 Å². The lowest BCUT2D eigenvalue weighted by atomic mass is 9.99. The molecule has 7 heteroatoms. The van der Waals surface area contributed by atoms with Gasteiger partial charge in [-0.1, -0.05) is 20.3 Å². The van der Waals surface area contributed by atoms with Crippen LogP contribution in [0.3, 0.4) is 0 Å². The summed E-state index contributed by atoms with van der Waals surface area (Å²) in [5, 5.41) is 3.03. The predicted molar refractivity (Wildman–Crippen MR) is 99.1 cm³/mol. The van der Waals surface area contributed by atoms with Gasteiger partial charge >= 0.3 is 5.97 Å². The number of hydrogen-bond acceptors (Lipinski definition) is 5. The van der Waals surface area contributed by atoms with Gasteiger partial charge in [-0.15, -0.1) is 0 Å². The van der Waals surface area contributed by atoms with Crippen molar-refractivity contribution in [3.05, 3.63) is 39.8 Å². The van der Waals surface area contributed by atoms with E-state index in [0.29, 0.717) is 24.0 Å². The average Bonchev–Trinajstić information content (AvgIpc) is 2.64. The molecule has 0 spiro atoms.